The van der Waals surface area contributed by atoms with Gasteiger partial charge in [0.2, 0.25) is 0 Å². The SMILES string of the molecule is CC(C)CCc1cc(NC(=O)Oc2ccccc2C(=O)O)cc2c1C(C)(C)CCC2(C)C. The van der Waals surface area contributed by atoms with Crippen molar-refractivity contribution in [2.24, 2.45) is 5.92 Å². The second-order valence-electron chi connectivity index (χ2n) is 10.6. The summed E-state index contributed by atoms with van der Waals surface area (Å²) in [6.45, 7) is 13.6. The molecular formula is C27H35NO4. The van der Waals surface area contributed by atoms with Gasteiger partial charge >= 0.3 is 12.1 Å². The number of para-hydroxylation sites is 1. The lowest BCUT2D eigenvalue weighted by atomic mass is 9.61. The van der Waals surface area contributed by atoms with Gasteiger partial charge in [0.05, 0.1) is 0 Å². The van der Waals surface area contributed by atoms with E-state index >= 15 is 0 Å². The maximum absolute atomic E-state index is 12.7. The number of hydrogen-bond donors (Lipinski definition) is 2. The van der Waals surface area contributed by atoms with Crippen LogP contribution in [-0.4, -0.2) is 17.2 Å². The highest BCUT2D eigenvalue weighted by Crippen LogP contribution is 2.48. The fraction of sp³-hybridized carbons (Fsp3) is 0.481. The van der Waals surface area contributed by atoms with Crippen molar-refractivity contribution in [2.75, 3.05) is 5.32 Å². The Balaban J connectivity index is 1.96. The monoisotopic (exact) mass is 437 g/mol. The van der Waals surface area contributed by atoms with Crippen LogP contribution < -0.4 is 10.1 Å². The van der Waals surface area contributed by atoms with Gasteiger partial charge in [-0.2, -0.15) is 0 Å². The van der Waals surface area contributed by atoms with E-state index in [0.29, 0.717) is 11.6 Å². The number of rotatable bonds is 6. The summed E-state index contributed by atoms with van der Waals surface area (Å²) in [5.41, 5.74) is 4.68. The van der Waals surface area contributed by atoms with E-state index in [1.54, 1.807) is 12.1 Å². The number of carboxylic acids is 1. The van der Waals surface area contributed by atoms with Gasteiger partial charge in [0, 0.05) is 5.69 Å². The highest BCUT2D eigenvalue weighted by molar-refractivity contribution is 5.93. The van der Waals surface area contributed by atoms with Crippen LogP contribution in [-0.2, 0) is 17.3 Å². The summed E-state index contributed by atoms with van der Waals surface area (Å²) in [5.74, 6) is -0.529. The van der Waals surface area contributed by atoms with E-state index < -0.39 is 12.1 Å². The Kier molecular flexibility index (Phi) is 6.68. The van der Waals surface area contributed by atoms with E-state index in [4.69, 9.17) is 4.74 Å². The summed E-state index contributed by atoms with van der Waals surface area (Å²) in [6, 6.07) is 10.3. The van der Waals surface area contributed by atoms with Gasteiger partial charge in [0.15, 0.2) is 0 Å². The van der Waals surface area contributed by atoms with Gasteiger partial charge in [-0.25, -0.2) is 9.59 Å². The highest BCUT2D eigenvalue weighted by atomic mass is 16.6. The standard InChI is InChI=1S/C27H35NO4/c1-17(2)11-12-18-15-19(16-21-23(18)27(5,6)14-13-26(21,3)4)28-25(31)32-22-10-8-7-9-20(22)24(29)30/h7-10,15-17H,11-14H2,1-6H3,(H,28,31)(H,29,30). The lowest BCUT2D eigenvalue weighted by molar-refractivity contribution is 0.0694. The molecule has 1 aliphatic rings. The molecule has 5 nitrogen and oxygen atoms in total. The van der Waals surface area contributed by atoms with Crippen molar-refractivity contribution in [2.45, 2.75) is 78.1 Å². The Labute approximate surface area is 191 Å². The number of aromatic carboxylic acids is 1. The Morgan fingerprint density at radius 2 is 1.72 bits per heavy atom. The highest BCUT2D eigenvalue weighted by Gasteiger charge is 2.39. The molecule has 0 saturated carbocycles. The summed E-state index contributed by atoms with van der Waals surface area (Å²) < 4.78 is 5.35. The van der Waals surface area contributed by atoms with Crippen LogP contribution in [0.1, 0.15) is 87.9 Å². The minimum Gasteiger partial charge on any atom is -0.478 e. The van der Waals surface area contributed by atoms with Gasteiger partial charge in [-0.1, -0.05) is 53.7 Å². The predicted octanol–water partition coefficient (Wildman–Crippen LogP) is 6.93. The average molecular weight is 438 g/mol. The molecule has 3 rings (SSSR count). The van der Waals surface area contributed by atoms with Crippen LogP contribution in [0.2, 0.25) is 0 Å². The number of hydrogen-bond acceptors (Lipinski definition) is 3. The number of aryl methyl sites for hydroxylation is 1. The maximum Gasteiger partial charge on any atom is 0.417 e. The normalized spacial score (nSPS) is 16.3. The largest absolute Gasteiger partial charge is 0.478 e. The molecule has 0 saturated heterocycles. The Morgan fingerprint density at radius 3 is 2.38 bits per heavy atom. The first-order valence-corrected chi connectivity index (χ1v) is 11.4. The molecule has 0 atom stereocenters. The molecule has 5 heteroatoms. The number of carboxylic acid groups (broad SMARTS) is 1. The minimum absolute atomic E-state index is 0.00887. The summed E-state index contributed by atoms with van der Waals surface area (Å²) in [5, 5.41) is 12.2. The molecule has 0 bridgehead atoms. The van der Waals surface area contributed by atoms with E-state index in [9.17, 15) is 14.7 Å². The molecule has 2 N–H and O–H groups in total. The summed E-state index contributed by atoms with van der Waals surface area (Å²) in [4.78, 5) is 24.1. The topological polar surface area (TPSA) is 75.6 Å². The Morgan fingerprint density at radius 1 is 1.06 bits per heavy atom. The lowest BCUT2D eigenvalue weighted by Gasteiger charge is -2.43. The van der Waals surface area contributed by atoms with Gasteiger partial charge in [-0.05, 0) is 83.4 Å². The molecule has 0 fully saturated rings. The summed E-state index contributed by atoms with van der Waals surface area (Å²) in [7, 11) is 0. The van der Waals surface area contributed by atoms with Crippen LogP contribution in [0.3, 0.4) is 0 Å². The number of anilines is 1. The molecule has 0 heterocycles. The predicted molar refractivity (Wildman–Crippen MR) is 128 cm³/mol. The van der Waals surface area contributed by atoms with E-state index in [1.807, 2.05) is 0 Å². The van der Waals surface area contributed by atoms with Crippen molar-refractivity contribution in [1.82, 2.24) is 0 Å². The fourth-order valence-corrected chi connectivity index (χ4v) is 4.61. The Hall–Kier alpha value is -2.82. The molecule has 1 aliphatic carbocycles. The third-order valence-electron chi connectivity index (χ3n) is 6.56. The van der Waals surface area contributed by atoms with E-state index in [1.165, 1.54) is 28.8 Å². The molecule has 1 amide bonds. The summed E-state index contributed by atoms with van der Waals surface area (Å²) in [6.07, 6.45) is 3.54. The van der Waals surface area contributed by atoms with Crippen LogP contribution in [0.5, 0.6) is 5.75 Å². The second-order valence-corrected chi connectivity index (χ2v) is 10.6. The van der Waals surface area contributed by atoms with Crippen molar-refractivity contribution in [3.8, 4) is 5.75 Å². The third kappa shape index (κ3) is 5.14. The maximum atomic E-state index is 12.7. The molecular weight excluding hydrogens is 402 g/mol. The molecule has 0 unspecified atom stereocenters. The number of nitrogens with one attached hydrogen (secondary N) is 1. The Bertz CT molecular complexity index is 1020. The van der Waals surface area contributed by atoms with Crippen molar-refractivity contribution >= 4 is 17.7 Å². The van der Waals surface area contributed by atoms with Gasteiger partial charge in [-0.3, -0.25) is 5.32 Å². The second kappa shape index (κ2) is 8.97. The van der Waals surface area contributed by atoms with Crippen LogP contribution in [0.4, 0.5) is 10.5 Å². The smallest absolute Gasteiger partial charge is 0.417 e. The summed E-state index contributed by atoms with van der Waals surface area (Å²) >= 11 is 0. The molecule has 0 aliphatic heterocycles. The molecule has 0 aromatic heterocycles. The van der Waals surface area contributed by atoms with Crippen molar-refractivity contribution in [3.05, 3.63) is 58.7 Å². The van der Waals surface area contributed by atoms with Crippen molar-refractivity contribution in [1.29, 1.82) is 0 Å². The number of fused-ring (bicyclic) bond motifs is 1. The first-order chi connectivity index (χ1) is 14.9. The molecule has 172 valence electrons. The number of benzene rings is 2. The van der Waals surface area contributed by atoms with Gasteiger partial charge < -0.3 is 9.84 Å². The van der Waals surface area contributed by atoms with Gasteiger partial charge in [0.1, 0.15) is 11.3 Å². The van der Waals surface area contributed by atoms with Crippen molar-refractivity contribution in [3.63, 3.8) is 0 Å². The van der Waals surface area contributed by atoms with Crippen LogP contribution >= 0.6 is 0 Å². The molecule has 0 spiro atoms. The number of amides is 1. The van der Waals surface area contributed by atoms with Gasteiger partial charge in [-0.15, -0.1) is 0 Å². The number of carbonyl (C=O) groups is 2. The zero-order valence-corrected chi connectivity index (χ0v) is 20.0. The molecule has 0 radical (unpaired) electrons. The number of carbonyl (C=O) groups excluding carboxylic acids is 1. The van der Waals surface area contributed by atoms with E-state index in [0.717, 1.165) is 25.7 Å². The van der Waals surface area contributed by atoms with E-state index in [2.05, 4.69) is 59.0 Å². The van der Waals surface area contributed by atoms with Crippen molar-refractivity contribution < 1.29 is 19.4 Å². The number of ether oxygens (including phenoxy) is 1. The third-order valence-corrected chi connectivity index (χ3v) is 6.56. The fourth-order valence-electron chi connectivity index (χ4n) is 4.61. The lowest BCUT2D eigenvalue weighted by Crippen LogP contribution is -2.35. The molecule has 2 aromatic carbocycles. The van der Waals surface area contributed by atoms with E-state index in [-0.39, 0.29) is 22.1 Å². The average Bonchev–Trinajstić information content (AvgIpc) is 2.69. The molecule has 2 aromatic rings. The zero-order chi connectivity index (χ0) is 23.7. The quantitative estimate of drug-likeness (QED) is 0.513. The van der Waals surface area contributed by atoms with Gasteiger partial charge in [0.25, 0.3) is 0 Å². The van der Waals surface area contributed by atoms with Crippen LogP contribution in [0, 0.1) is 5.92 Å². The first kappa shape index (κ1) is 23.8. The van der Waals surface area contributed by atoms with Crippen LogP contribution in [0.15, 0.2) is 36.4 Å². The van der Waals surface area contributed by atoms with Crippen LogP contribution in [0.25, 0.3) is 0 Å². The zero-order valence-electron chi connectivity index (χ0n) is 20.0. The minimum atomic E-state index is -1.14. The molecule has 32 heavy (non-hydrogen) atoms. The first-order valence-electron chi connectivity index (χ1n) is 11.4.